The van der Waals surface area contributed by atoms with Crippen molar-refractivity contribution in [3.63, 3.8) is 0 Å². The zero-order chi connectivity index (χ0) is 15.2. The van der Waals surface area contributed by atoms with Crippen LogP contribution in [0, 0.1) is 0 Å². The summed E-state index contributed by atoms with van der Waals surface area (Å²) in [7, 11) is 1.77. The van der Waals surface area contributed by atoms with Gasteiger partial charge >= 0.3 is 0 Å². The van der Waals surface area contributed by atoms with Gasteiger partial charge in [-0.25, -0.2) is 0 Å². The number of carbonyl (C=O) groups is 1. The van der Waals surface area contributed by atoms with Gasteiger partial charge in [-0.15, -0.1) is 0 Å². The lowest BCUT2D eigenvalue weighted by Gasteiger charge is -2.18. The molecule has 2 N–H and O–H groups in total. The molecule has 0 saturated heterocycles. The molecule has 0 aliphatic carbocycles. The molecular weight excluding hydrogens is 280 g/mol. The molecule has 0 bridgehead atoms. The van der Waals surface area contributed by atoms with E-state index in [0.717, 1.165) is 23.2 Å². The minimum atomic E-state index is 0.0685. The third-order valence-corrected chi connectivity index (χ3v) is 3.60. The second-order valence-corrected chi connectivity index (χ2v) is 5.29. The fourth-order valence-corrected chi connectivity index (χ4v) is 2.20. The number of benzene rings is 2. The molecule has 0 aliphatic heterocycles. The smallest absolute Gasteiger partial charge is 0.227 e. The Balaban J connectivity index is 2.02. The average molecular weight is 298 g/mol. The number of nitrogens with zero attached hydrogens (tertiary/aromatic N) is 1. The van der Waals surface area contributed by atoms with Gasteiger partial charge in [-0.1, -0.05) is 54.7 Å². The summed E-state index contributed by atoms with van der Waals surface area (Å²) in [6, 6.07) is 17.4. The van der Waals surface area contributed by atoms with E-state index in [0.29, 0.717) is 11.4 Å². The number of carbonyl (C=O) groups excluding carboxylic acids is 1. The Morgan fingerprint density at radius 3 is 2.52 bits per heavy atom. The Labute approximate surface area is 130 Å². The van der Waals surface area contributed by atoms with Gasteiger partial charge < -0.3 is 10.6 Å². The molecule has 0 unspecified atom stereocenters. The van der Waals surface area contributed by atoms with Crippen LogP contribution in [0.4, 0.5) is 5.69 Å². The van der Waals surface area contributed by atoms with Crippen molar-refractivity contribution in [2.45, 2.75) is 12.8 Å². The molecule has 0 heterocycles. The molecule has 0 radical (unpaired) electrons. The fourth-order valence-electron chi connectivity index (χ4n) is 2.08. The summed E-state index contributed by atoms with van der Waals surface area (Å²) in [4.78, 5) is 14.2. The highest BCUT2D eigenvalue weighted by molar-refractivity contribution is 7.80. The van der Waals surface area contributed by atoms with Gasteiger partial charge in [0.1, 0.15) is 4.99 Å². The van der Waals surface area contributed by atoms with Crippen LogP contribution in [0.3, 0.4) is 0 Å². The van der Waals surface area contributed by atoms with E-state index in [9.17, 15) is 4.79 Å². The number of thiocarbonyl (C=S) groups is 1. The largest absolute Gasteiger partial charge is 0.389 e. The summed E-state index contributed by atoms with van der Waals surface area (Å²) in [5.74, 6) is 0.0685. The molecule has 0 fully saturated rings. The Morgan fingerprint density at radius 1 is 1.14 bits per heavy atom. The van der Waals surface area contributed by atoms with Crippen LogP contribution in [-0.4, -0.2) is 17.9 Å². The molecular formula is C17H18N2OS. The lowest BCUT2D eigenvalue weighted by atomic mass is 10.1. The highest BCUT2D eigenvalue weighted by atomic mass is 32.1. The molecule has 0 atom stereocenters. The highest BCUT2D eigenvalue weighted by Gasteiger charge is 2.11. The average Bonchev–Trinajstić information content (AvgIpc) is 2.53. The SMILES string of the molecule is CN(C(=O)CCc1ccccc1)c1cccc(C(N)=S)c1. The first kappa shape index (κ1) is 15.2. The van der Waals surface area contributed by atoms with Gasteiger partial charge in [0.2, 0.25) is 5.91 Å². The number of anilines is 1. The zero-order valence-corrected chi connectivity index (χ0v) is 12.8. The second-order valence-electron chi connectivity index (χ2n) is 4.85. The summed E-state index contributed by atoms with van der Waals surface area (Å²) < 4.78 is 0. The Kier molecular flexibility index (Phi) is 5.06. The minimum Gasteiger partial charge on any atom is -0.389 e. The number of aryl methyl sites for hydroxylation is 1. The third kappa shape index (κ3) is 4.13. The highest BCUT2D eigenvalue weighted by Crippen LogP contribution is 2.16. The van der Waals surface area contributed by atoms with Crippen molar-refractivity contribution >= 4 is 28.8 Å². The molecule has 2 aromatic carbocycles. The van der Waals surface area contributed by atoms with Gasteiger partial charge in [0.05, 0.1) is 0 Å². The molecule has 0 aromatic heterocycles. The maximum atomic E-state index is 12.3. The first-order valence-electron chi connectivity index (χ1n) is 6.78. The predicted octanol–water partition coefficient (Wildman–Crippen LogP) is 2.92. The van der Waals surface area contributed by atoms with Gasteiger partial charge in [-0.2, -0.15) is 0 Å². The van der Waals surface area contributed by atoms with Gasteiger partial charge in [-0.05, 0) is 24.1 Å². The van der Waals surface area contributed by atoms with Crippen LogP contribution in [0.25, 0.3) is 0 Å². The normalized spacial score (nSPS) is 10.1. The monoisotopic (exact) mass is 298 g/mol. The first-order chi connectivity index (χ1) is 10.1. The lowest BCUT2D eigenvalue weighted by Crippen LogP contribution is -2.26. The summed E-state index contributed by atoms with van der Waals surface area (Å²) in [6.45, 7) is 0. The molecule has 0 saturated carbocycles. The van der Waals surface area contributed by atoms with E-state index in [1.54, 1.807) is 11.9 Å². The summed E-state index contributed by atoms with van der Waals surface area (Å²) in [5, 5.41) is 0. The maximum absolute atomic E-state index is 12.3. The molecule has 3 nitrogen and oxygen atoms in total. The summed E-state index contributed by atoms with van der Waals surface area (Å²) >= 11 is 4.96. The quantitative estimate of drug-likeness (QED) is 0.863. The van der Waals surface area contributed by atoms with Crippen LogP contribution >= 0.6 is 12.2 Å². The molecule has 2 rings (SSSR count). The van der Waals surface area contributed by atoms with Gasteiger partial charge in [0.15, 0.2) is 0 Å². The van der Waals surface area contributed by atoms with Gasteiger partial charge in [0.25, 0.3) is 0 Å². The Hall–Kier alpha value is -2.20. The zero-order valence-electron chi connectivity index (χ0n) is 12.0. The number of amides is 1. The van der Waals surface area contributed by atoms with E-state index in [2.05, 4.69) is 0 Å². The topological polar surface area (TPSA) is 46.3 Å². The standard InChI is InChI=1S/C17H18N2OS/c1-19(15-9-5-8-14(12-15)17(18)21)16(20)11-10-13-6-3-2-4-7-13/h2-9,12H,10-11H2,1H3,(H2,18,21). The number of hydrogen-bond acceptors (Lipinski definition) is 2. The molecule has 108 valence electrons. The molecule has 4 heteroatoms. The summed E-state index contributed by atoms with van der Waals surface area (Å²) in [5.41, 5.74) is 8.36. The molecule has 21 heavy (non-hydrogen) atoms. The lowest BCUT2D eigenvalue weighted by molar-refractivity contribution is -0.118. The van der Waals surface area contributed by atoms with Crippen molar-refractivity contribution in [2.75, 3.05) is 11.9 Å². The third-order valence-electron chi connectivity index (χ3n) is 3.36. The van der Waals surface area contributed by atoms with Crippen molar-refractivity contribution in [1.82, 2.24) is 0 Å². The minimum absolute atomic E-state index is 0.0685. The molecule has 0 spiro atoms. The summed E-state index contributed by atoms with van der Waals surface area (Å²) in [6.07, 6.45) is 1.21. The van der Waals surface area contributed by atoms with Crippen LogP contribution in [-0.2, 0) is 11.2 Å². The molecule has 2 aromatic rings. The van der Waals surface area contributed by atoms with E-state index in [-0.39, 0.29) is 5.91 Å². The fraction of sp³-hybridized carbons (Fsp3) is 0.176. The van der Waals surface area contributed by atoms with Crippen molar-refractivity contribution in [1.29, 1.82) is 0 Å². The van der Waals surface area contributed by atoms with Crippen molar-refractivity contribution in [3.8, 4) is 0 Å². The van der Waals surface area contributed by atoms with Gasteiger partial charge in [0, 0.05) is 24.7 Å². The maximum Gasteiger partial charge on any atom is 0.227 e. The number of nitrogens with two attached hydrogens (primary N) is 1. The van der Waals surface area contributed by atoms with Crippen LogP contribution in [0.1, 0.15) is 17.5 Å². The van der Waals surface area contributed by atoms with Gasteiger partial charge in [-0.3, -0.25) is 4.79 Å². The number of hydrogen-bond donors (Lipinski definition) is 1. The second kappa shape index (κ2) is 6.99. The van der Waals surface area contributed by atoms with Crippen LogP contribution in [0.5, 0.6) is 0 Å². The molecule has 0 aliphatic rings. The Bertz CT molecular complexity index is 640. The van der Waals surface area contributed by atoms with Crippen molar-refractivity contribution in [2.24, 2.45) is 5.73 Å². The van der Waals surface area contributed by atoms with E-state index < -0.39 is 0 Å². The van der Waals surface area contributed by atoms with E-state index in [4.69, 9.17) is 18.0 Å². The first-order valence-corrected chi connectivity index (χ1v) is 7.19. The van der Waals surface area contributed by atoms with Crippen molar-refractivity contribution < 1.29 is 4.79 Å². The van der Waals surface area contributed by atoms with Crippen LogP contribution in [0.15, 0.2) is 54.6 Å². The number of rotatable bonds is 5. The Morgan fingerprint density at radius 2 is 1.86 bits per heavy atom. The van der Waals surface area contributed by atoms with E-state index in [1.807, 2.05) is 54.6 Å². The van der Waals surface area contributed by atoms with E-state index >= 15 is 0 Å². The van der Waals surface area contributed by atoms with E-state index in [1.165, 1.54) is 0 Å². The van der Waals surface area contributed by atoms with Crippen molar-refractivity contribution in [3.05, 3.63) is 65.7 Å². The van der Waals surface area contributed by atoms with Crippen LogP contribution < -0.4 is 10.6 Å². The van der Waals surface area contributed by atoms with Crippen LogP contribution in [0.2, 0.25) is 0 Å². The molecule has 1 amide bonds. The predicted molar refractivity (Wildman–Crippen MR) is 90.5 cm³/mol.